The first-order valence-electron chi connectivity index (χ1n) is 8.97. The largest absolute Gasteiger partial charge is 0.299 e. The van der Waals surface area contributed by atoms with Gasteiger partial charge in [0.15, 0.2) is 6.29 Å². The molecule has 1 aliphatic rings. The van der Waals surface area contributed by atoms with Gasteiger partial charge in [-0.05, 0) is 55.6 Å². The fraction of sp³-hybridized carbons (Fsp3) is 0.333. The Morgan fingerprint density at radius 2 is 2.04 bits per heavy atom. The maximum atomic E-state index is 11.1. The molecule has 128 valence electrons. The van der Waals surface area contributed by atoms with Gasteiger partial charge in [-0.25, -0.2) is 4.98 Å². The second-order valence-corrected chi connectivity index (χ2v) is 7.11. The van der Waals surface area contributed by atoms with Crippen LogP contribution >= 0.6 is 0 Å². The number of hydrogen-bond donors (Lipinski definition) is 0. The van der Waals surface area contributed by atoms with E-state index in [-0.39, 0.29) is 0 Å². The molecule has 4 rings (SSSR count). The van der Waals surface area contributed by atoms with Crippen LogP contribution in [0.15, 0.2) is 48.8 Å². The van der Waals surface area contributed by atoms with Crippen LogP contribution < -0.4 is 0 Å². The van der Waals surface area contributed by atoms with Crippen molar-refractivity contribution in [3.63, 3.8) is 0 Å². The molecule has 0 aliphatic carbocycles. The van der Waals surface area contributed by atoms with E-state index in [1.165, 1.54) is 31.5 Å². The van der Waals surface area contributed by atoms with Crippen molar-refractivity contribution in [3.05, 3.63) is 59.9 Å². The number of imidazole rings is 1. The van der Waals surface area contributed by atoms with Crippen molar-refractivity contribution in [2.75, 3.05) is 13.1 Å². The van der Waals surface area contributed by atoms with Gasteiger partial charge in [-0.15, -0.1) is 0 Å². The second-order valence-electron chi connectivity index (χ2n) is 7.11. The van der Waals surface area contributed by atoms with E-state index in [1.807, 2.05) is 22.9 Å². The molecule has 0 spiro atoms. The van der Waals surface area contributed by atoms with Crippen molar-refractivity contribution in [3.8, 4) is 11.3 Å². The van der Waals surface area contributed by atoms with Crippen LogP contribution in [0, 0.1) is 5.92 Å². The minimum atomic E-state index is 0.658. The molecule has 1 saturated heterocycles. The topological polar surface area (TPSA) is 37.6 Å². The highest BCUT2D eigenvalue weighted by Gasteiger charge is 2.16. The Kier molecular flexibility index (Phi) is 4.36. The maximum Gasteiger partial charge on any atom is 0.151 e. The smallest absolute Gasteiger partial charge is 0.151 e. The minimum absolute atomic E-state index is 0.658. The van der Waals surface area contributed by atoms with Gasteiger partial charge in [0.05, 0.1) is 11.9 Å². The lowest BCUT2D eigenvalue weighted by atomic mass is 9.98. The van der Waals surface area contributed by atoms with Crippen LogP contribution in [-0.4, -0.2) is 33.7 Å². The highest BCUT2D eigenvalue weighted by atomic mass is 16.1. The van der Waals surface area contributed by atoms with E-state index in [0.29, 0.717) is 5.56 Å². The summed E-state index contributed by atoms with van der Waals surface area (Å²) in [5.41, 5.74) is 5.00. The number of nitrogens with zero attached hydrogens (tertiary/aromatic N) is 3. The summed E-state index contributed by atoms with van der Waals surface area (Å²) in [7, 11) is 0. The Morgan fingerprint density at radius 1 is 1.20 bits per heavy atom. The highest BCUT2D eigenvalue weighted by Crippen LogP contribution is 2.24. The standard InChI is InChI=1S/C21H23N3O/c1-16-7-9-23(10-8-16)13-17-3-2-4-19(11-17)20-12-22-21-6-5-18(15-25)14-24(20)21/h2-6,11-12,14-16H,7-10,13H2,1H3. The zero-order chi connectivity index (χ0) is 17.2. The molecule has 0 bridgehead atoms. The van der Waals surface area contributed by atoms with Crippen LogP contribution in [0.4, 0.5) is 0 Å². The molecule has 1 aromatic carbocycles. The zero-order valence-electron chi connectivity index (χ0n) is 14.6. The lowest BCUT2D eigenvalue weighted by Crippen LogP contribution is -2.32. The number of fused-ring (bicyclic) bond motifs is 1. The lowest BCUT2D eigenvalue weighted by molar-refractivity contribution is 0.112. The summed E-state index contributed by atoms with van der Waals surface area (Å²) in [6.07, 6.45) is 7.19. The van der Waals surface area contributed by atoms with Gasteiger partial charge in [0.2, 0.25) is 0 Å². The number of hydrogen-bond acceptors (Lipinski definition) is 3. The molecule has 0 radical (unpaired) electrons. The molecule has 4 nitrogen and oxygen atoms in total. The van der Waals surface area contributed by atoms with Gasteiger partial charge in [-0.3, -0.25) is 14.1 Å². The van der Waals surface area contributed by atoms with Crippen molar-refractivity contribution in [1.29, 1.82) is 0 Å². The van der Waals surface area contributed by atoms with E-state index < -0.39 is 0 Å². The van der Waals surface area contributed by atoms with Crippen molar-refractivity contribution >= 4 is 11.9 Å². The third-order valence-electron chi connectivity index (χ3n) is 5.17. The van der Waals surface area contributed by atoms with E-state index >= 15 is 0 Å². The monoisotopic (exact) mass is 333 g/mol. The number of aldehydes is 1. The quantitative estimate of drug-likeness (QED) is 0.676. The van der Waals surface area contributed by atoms with Crippen LogP contribution in [0.2, 0.25) is 0 Å². The van der Waals surface area contributed by atoms with Gasteiger partial charge in [-0.2, -0.15) is 0 Å². The molecule has 4 heteroatoms. The van der Waals surface area contributed by atoms with E-state index in [2.05, 4.69) is 41.1 Å². The number of pyridine rings is 1. The normalized spacial score (nSPS) is 16.4. The Morgan fingerprint density at radius 3 is 2.84 bits per heavy atom. The van der Waals surface area contributed by atoms with Crippen molar-refractivity contribution in [1.82, 2.24) is 14.3 Å². The SMILES string of the molecule is CC1CCN(Cc2cccc(-c3cnc4ccc(C=O)cn34)c2)CC1. The van der Waals surface area contributed by atoms with Crippen molar-refractivity contribution in [2.45, 2.75) is 26.3 Å². The summed E-state index contributed by atoms with van der Waals surface area (Å²) < 4.78 is 1.99. The first kappa shape index (κ1) is 16.0. The number of rotatable bonds is 4. The number of aromatic nitrogens is 2. The molecule has 0 N–H and O–H groups in total. The molecular weight excluding hydrogens is 310 g/mol. The molecule has 0 amide bonds. The molecule has 1 aliphatic heterocycles. The first-order valence-corrected chi connectivity index (χ1v) is 8.97. The van der Waals surface area contributed by atoms with Crippen molar-refractivity contribution < 1.29 is 4.79 Å². The number of benzene rings is 1. The van der Waals surface area contributed by atoms with E-state index in [0.717, 1.165) is 35.7 Å². The Balaban J connectivity index is 1.62. The Hall–Kier alpha value is -2.46. The number of carbonyl (C=O) groups excluding carboxylic acids is 1. The van der Waals surface area contributed by atoms with Gasteiger partial charge < -0.3 is 0 Å². The predicted molar refractivity (Wildman–Crippen MR) is 99.7 cm³/mol. The molecule has 1 fully saturated rings. The van der Waals surface area contributed by atoms with Gasteiger partial charge in [-0.1, -0.05) is 25.1 Å². The Labute approximate surface area is 148 Å². The van der Waals surface area contributed by atoms with Gasteiger partial charge >= 0.3 is 0 Å². The third-order valence-corrected chi connectivity index (χ3v) is 5.17. The predicted octanol–water partition coefficient (Wildman–Crippen LogP) is 4.05. The molecule has 0 unspecified atom stereocenters. The van der Waals surface area contributed by atoms with Gasteiger partial charge in [0, 0.05) is 23.9 Å². The van der Waals surface area contributed by atoms with Crippen LogP contribution in [-0.2, 0) is 6.54 Å². The number of piperidine rings is 1. The highest BCUT2D eigenvalue weighted by molar-refractivity contribution is 5.76. The average Bonchev–Trinajstić information content (AvgIpc) is 3.07. The summed E-state index contributed by atoms with van der Waals surface area (Å²) >= 11 is 0. The van der Waals surface area contributed by atoms with Crippen LogP contribution in [0.25, 0.3) is 16.9 Å². The average molecular weight is 333 g/mol. The molecule has 3 aromatic rings. The molecule has 2 aromatic heterocycles. The first-order chi connectivity index (χ1) is 12.2. The molecular formula is C21H23N3O. The van der Waals surface area contributed by atoms with Gasteiger partial charge in [0.25, 0.3) is 0 Å². The van der Waals surface area contributed by atoms with Crippen LogP contribution in [0.5, 0.6) is 0 Å². The summed E-state index contributed by atoms with van der Waals surface area (Å²) in [5.74, 6) is 0.854. The van der Waals surface area contributed by atoms with E-state index in [9.17, 15) is 4.79 Å². The van der Waals surface area contributed by atoms with Crippen LogP contribution in [0.1, 0.15) is 35.7 Å². The van der Waals surface area contributed by atoms with E-state index in [1.54, 1.807) is 6.07 Å². The molecule has 3 heterocycles. The lowest BCUT2D eigenvalue weighted by Gasteiger charge is -2.30. The summed E-state index contributed by atoms with van der Waals surface area (Å²) in [6.45, 7) is 5.71. The molecule has 0 atom stereocenters. The second kappa shape index (κ2) is 6.81. The number of likely N-dealkylation sites (tertiary alicyclic amines) is 1. The maximum absolute atomic E-state index is 11.1. The number of carbonyl (C=O) groups is 1. The summed E-state index contributed by atoms with van der Waals surface area (Å²) in [4.78, 5) is 18.1. The molecule has 0 saturated carbocycles. The fourth-order valence-corrected chi connectivity index (χ4v) is 3.59. The third kappa shape index (κ3) is 3.35. The van der Waals surface area contributed by atoms with Crippen LogP contribution in [0.3, 0.4) is 0 Å². The summed E-state index contributed by atoms with van der Waals surface area (Å²) in [5, 5.41) is 0. The van der Waals surface area contributed by atoms with E-state index in [4.69, 9.17) is 0 Å². The fourth-order valence-electron chi connectivity index (χ4n) is 3.59. The summed E-state index contributed by atoms with van der Waals surface area (Å²) in [6, 6.07) is 12.3. The zero-order valence-corrected chi connectivity index (χ0v) is 14.6. The van der Waals surface area contributed by atoms with Crippen molar-refractivity contribution in [2.24, 2.45) is 5.92 Å². The molecule has 25 heavy (non-hydrogen) atoms. The Bertz CT molecular complexity index is 891. The van der Waals surface area contributed by atoms with Gasteiger partial charge in [0.1, 0.15) is 5.65 Å². The minimum Gasteiger partial charge on any atom is -0.299 e.